The lowest BCUT2D eigenvalue weighted by Gasteiger charge is -2.20. The molecule has 0 unspecified atom stereocenters. The molecule has 0 aliphatic heterocycles. The van der Waals surface area contributed by atoms with E-state index < -0.39 is 29.5 Å². The van der Waals surface area contributed by atoms with E-state index in [1.807, 2.05) is 19.1 Å². The highest BCUT2D eigenvalue weighted by Gasteiger charge is 2.25. The zero-order valence-corrected chi connectivity index (χ0v) is 17.7. The van der Waals surface area contributed by atoms with Gasteiger partial charge in [-0.2, -0.15) is 0 Å². The van der Waals surface area contributed by atoms with Gasteiger partial charge in [0, 0.05) is 11.5 Å². The molecule has 0 fully saturated rings. The van der Waals surface area contributed by atoms with Crippen LogP contribution in [0, 0.1) is 5.92 Å². The number of carbonyl (C=O) groups is 3. The molecule has 0 aliphatic rings. The number of carboxylic acids is 1. The third-order valence-electron chi connectivity index (χ3n) is 5.20. The molecule has 0 radical (unpaired) electrons. The van der Waals surface area contributed by atoms with Crippen LogP contribution in [0.4, 0.5) is 0 Å². The molecule has 1 heterocycles. The Labute approximate surface area is 183 Å². The first-order valence-electron chi connectivity index (χ1n) is 10.2. The van der Waals surface area contributed by atoms with Gasteiger partial charge < -0.3 is 24.9 Å². The van der Waals surface area contributed by atoms with Crippen molar-refractivity contribution in [1.82, 2.24) is 10.6 Å². The third-order valence-corrected chi connectivity index (χ3v) is 5.20. The van der Waals surface area contributed by atoms with E-state index in [1.54, 1.807) is 31.2 Å². The Morgan fingerprint density at radius 2 is 1.78 bits per heavy atom. The summed E-state index contributed by atoms with van der Waals surface area (Å²) < 4.78 is 10.8. The van der Waals surface area contributed by atoms with Gasteiger partial charge >= 0.3 is 11.6 Å². The van der Waals surface area contributed by atoms with Crippen molar-refractivity contribution < 1.29 is 28.6 Å². The molecule has 0 spiro atoms. The minimum Gasteiger partial charge on any atom is -0.484 e. The van der Waals surface area contributed by atoms with Crippen LogP contribution in [-0.2, 0) is 14.4 Å². The maximum absolute atomic E-state index is 12.2. The van der Waals surface area contributed by atoms with Crippen molar-refractivity contribution in [2.75, 3.05) is 13.2 Å². The normalized spacial score (nSPS) is 12.8. The lowest BCUT2D eigenvalue weighted by molar-refractivity contribution is -0.143. The van der Waals surface area contributed by atoms with Crippen molar-refractivity contribution in [3.8, 4) is 5.75 Å². The topological polar surface area (TPSA) is 135 Å². The van der Waals surface area contributed by atoms with Crippen molar-refractivity contribution in [3.05, 3.63) is 52.9 Å². The minimum atomic E-state index is -1.13. The molecule has 3 N–H and O–H groups in total. The summed E-state index contributed by atoms with van der Waals surface area (Å²) in [6.45, 7) is 2.80. The molecule has 9 heteroatoms. The molecule has 0 bridgehead atoms. The third kappa shape index (κ3) is 5.23. The van der Waals surface area contributed by atoms with E-state index in [4.69, 9.17) is 9.15 Å². The maximum Gasteiger partial charge on any atom is 0.344 e. The zero-order chi connectivity index (χ0) is 23.3. The van der Waals surface area contributed by atoms with Crippen molar-refractivity contribution in [2.24, 2.45) is 5.92 Å². The number of carbonyl (C=O) groups excluding carboxylic acids is 2. The van der Waals surface area contributed by atoms with Gasteiger partial charge in [-0.15, -0.1) is 0 Å². The van der Waals surface area contributed by atoms with E-state index in [-0.39, 0.29) is 19.1 Å². The molecule has 1 aromatic heterocycles. The molecule has 3 rings (SSSR count). The van der Waals surface area contributed by atoms with E-state index in [2.05, 4.69) is 10.6 Å². The molecule has 2 amide bonds. The summed E-state index contributed by atoms with van der Waals surface area (Å²) in [5.74, 6) is -2.22. The van der Waals surface area contributed by atoms with Crippen molar-refractivity contribution in [1.29, 1.82) is 0 Å². The Morgan fingerprint density at radius 1 is 1.06 bits per heavy atom. The summed E-state index contributed by atoms with van der Waals surface area (Å²) in [4.78, 5) is 47.4. The second-order valence-electron chi connectivity index (χ2n) is 7.43. The van der Waals surface area contributed by atoms with Gasteiger partial charge in [-0.3, -0.25) is 9.59 Å². The van der Waals surface area contributed by atoms with E-state index >= 15 is 0 Å². The van der Waals surface area contributed by atoms with E-state index in [1.165, 1.54) is 6.07 Å². The van der Waals surface area contributed by atoms with Crippen LogP contribution in [0.5, 0.6) is 5.75 Å². The van der Waals surface area contributed by atoms with Crippen molar-refractivity contribution in [3.63, 3.8) is 0 Å². The molecule has 9 nitrogen and oxygen atoms in total. The fraction of sp³-hybridized carbons (Fsp3) is 0.304. The average Bonchev–Trinajstić information content (AvgIpc) is 2.79. The summed E-state index contributed by atoms with van der Waals surface area (Å²) in [6.07, 6.45) is 0.582. The van der Waals surface area contributed by atoms with Crippen LogP contribution in [0.15, 0.2) is 51.7 Å². The van der Waals surface area contributed by atoms with Gasteiger partial charge in [-0.1, -0.05) is 38.5 Å². The number of hydrogen-bond donors (Lipinski definition) is 3. The first-order valence-corrected chi connectivity index (χ1v) is 10.2. The first-order chi connectivity index (χ1) is 15.3. The summed E-state index contributed by atoms with van der Waals surface area (Å²) >= 11 is 0. The predicted octanol–water partition coefficient (Wildman–Crippen LogP) is 2.06. The highest BCUT2D eigenvalue weighted by molar-refractivity contribution is 6.04. The standard InChI is InChI=1S/C23H24N2O7/c1-3-13(2)21(22(28)29)25-19(26)11-24-20(27)12-31-14-8-9-16-15-6-4-5-7-17(15)23(30)32-18(16)10-14/h4-10,13,21H,3,11-12H2,1-2H3,(H,24,27)(H,25,26)(H,28,29)/t13-,21-/m1/s1. The largest absolute Gasteiger partial charge is 0.484 e. The van der Waals surface area contributed by atoms with Gasteiger partial charge in [0.15, 0.2) is 6.61 Å². The van der Waals surface area contributed by atoms with Crippen LogP contribution in [0.3, 0.4) is 0 Å². The Bertz CT molecular complexity index is 1220. The van der Waals surface area contributed by atoms with Gasteiger partial charge in [0.05, 0.1) is 11.9 Å². The molecule has 0 saturated heterocycles. The monoisotopic (exact) mass is 440 g/mol. The smallest absolute Gasteiger partial charge is 0.344 e. The quantitative estimate of drug-likeness (QED) is 0.342. The molecule has 2 atom stereocenters. The summed E-state index contributed by atoms with van der Waals surface area (Å²) in [7, 11) is 0. The SMILES string of the molecule is CC[C@@H](C)[C@@H](NC(=O)CNC(=O)COc1ccc2c(c1)oc(=O)c1ccccc12)C(=O)O. The van der Waals surface area contributed by atoms with Crippen molar-refractivity contribution >= 4 is 39.5 Å². The molecule has 0 saturated carbocycles. The minimum absolute atomic E-state index is 0.249. The summed E-state index contributed by atoms with van der Waals surface area (Å²) in [5.41, 5.74) is -0.137. The van der Waals surface area contributed by atoms with E-state index in [0.717, 1.165) is 10.8 Å². The van der Waals surface area contributed by atoms with Crippen LogP contribution >= 0.6 is 0 Å². The molecule has 3 aromatic rings. The van der Waals surface area contributed by atoms with Gasteiger partial charge in [0.2, 0.25) is 5.91 Å². The van der Waals surface area contributed by atoms with Crippen LogP contribution in [0.25, 0.3) is 21.7 Å². The molecule has 2 aromatic carbocycles. The number of amides is 2. The number of rotatable bonds is 9. The number of carboxylic acid groups (broad SMARTS) is 1. The van der Waals surface area contributed by atoms with Gasteiger partial charge in [0.1, 0.15) is 17.4 Å². The van der Waals surface area contributed by atoms with Crippen LogP contribution in [-0.4, -0.2) is 42.1 Å². The zero-order valence-electron chi connectivity index (χ0n) is 17.7. The highest BCUT2D eigenvalue weighted by Crippen LogP contribution is 2.26. The first kappa shape index (κ1) is 22.8. The fourth-order valence-electron chi connectivity index (χ4n) is 3.24. The lowest BCUT2D eigenvalue weighted by atomic mass is 9.99. The lowest BCUT2D eigenvalue weighted by Crippen LogP contribution is -2.48. The maximum atomic E-state index is 12.2. The molecular formula is C23H24N2O7. The molecule has 0 aliphatic carbocycles. The molecule has 32 heavy (non-hydrogen) atoms. The fourth-order valence-corrected chi connectivity index (χ4v) is 3.24. The van der Waals surface area contributed by atoms with Gasteiger partial charge in [-0.25, -0.2) is 9.59 Å². The second-order valence-corrected chi connectivity index (χ2v) is 7.43. The Balaban J connectivity index is 1.58. The van der Waals surface area contributed by atoms with Crippen molar-refractivity contribution in [2.45, 2.75) is 26.3 Å². The van der Waals surface area contributed by atoms with Crippen LogP contribution in [0.1, 0.15) is 20.3 Å². The Kier molecular flexibility index (Phi) is 7.09. The Hall–Kier alpha value is -3.88. The van der Waals surface area contributed by atoms with E-state index in [9.17, 15) is 24.3 Å². The number of fused-ring (bicyclic) bond motifs is 3. The Morgan fingerprint density at radius 3 is 2.47 bits per heavy atom. The average molecular weight is 440 g/mol. The highest BCUT2D eigenvalue weighted by atomic mass is 16.5. The van der Waals surface area contributed by atoms with Gasteiger partial charge in [0.25, 0.3) is 5.91 Å². The number of nitrogens with one attached hydrogen (secondary N) is 2. The molecular weight excluding hydrogens is 416 g/mol. The number of hydrogen-bond acceptors (Lipinski definition) is 6. The summed E-state index contributed by atoms with van der Waals surface area (Å²) in [6, 6.07) is 11.0. The number of aliphatic carboxylic acids is 1. The summed E-state index contributed by atoms with van der Waals surface area (Å²) in [5, 5.41) is 16.0. The second kappa shape index (κ2) is 9.95. The van der Waals surface area contributed by atoms with E-state index in [0.29, 0.717) is 23.1 Å². The van der Waals surface area contributed by atoms with Crippen LogP contribution < -0.4 is 21.0 Å². The van der Waals surface area contributed by atoms with Crippen LogP contribution in [0.2, 0.25) is 0 Å². The number of ether oxygens (including phenoxy) is 1. The number of benzene rings is 2. The van der Waals surface area contributed by atoms with Gasteiger partial charge in [-0.05, 0) is 29.5 Å². The predicted molar refractivity (Wildman–Crippen MR) is 118 cm³/mol. The molecule has 168 valence electrons.